The standard InChI is InChI=1S/C5H7N3O.2H2/c1-4(9)8-5-6-2-3-7-5;;/h2-3H,1H3,(H2,6,7,8,9);2*1H. The molecule has 0 saturated heterocycles. The minimum Gasteiger partial charge on any atom is -0.331 e. The van der Waals surface area contributed by atoms with Crippen molar-refractivity contribution in [3.63, 3.8) is 0 Å². The van der Waals surface area contributed by atoms with E-state index in [1.807, 2.05) is 0 Å². The highest BCUT2D eigenvalue weighted by atomic mass is 16.1. The van der Waals surface area contributed by atoms with Crippen molar-refractivity contribution in [3.05, 3.63) is 12.4 Å². The maximum atomic E-state index is 10.3. The van der Waals surface area contributed by atoms with Crippen LogP contribution < -0.4 is 5.32 Å². The lowest BCUT2D eigenvalue weighted by atomic mass is 10.7. The van der Waals surface area contributed by atoms with E-state index in [-0.39, 0.29) is 8.76 Å². The highest BCUT2D eigenvalue weighted by Gasteiger charge is 1.92. The second-order valence-corrected chi connectivity index (χ2v) is 1.62. The molecule has 1 heterocycles. The zero-order valence-corrected chi connectivity index (χ0v) is 5.01. The van der Waals surface area contributed by atoms with Crippen LogP contribution in [0.4, 0.5) is 5.95 Å². The maximum Gasteiger partial charge on any atom is 0.223 e. The van der Waals surface area contributed by atoms with Crippen LogP contribution in [-0.4, -0.2) is 15.9 Å². The van der Waals surface area contributed by atoms with E-state index in [0.717, 1.165) is 0 Å². The monoisotopic (exact) mass is 129 g/mol. The van der Waals surface area contributed by atoms with Gasteiger partial charge in [0.1, 0.15) is 0 Å². The van der Waals surface area contributed by atoms with Gasteiger partial charge in [-0.05, 0) is 0 Å². The van der Waals surface area contributed by atoms with Crippen LogP contribution in [0.15, 0.2) is 12.4 Å². The van der Waals surface area contributed by atoms with Gasteiger partial charge in [0.05, 0.1) is 0 Å². The summed E-state index contributed by atoms with van der Waals surface area (Å²) < 4.78 is 0. The number of nitrogens with zero attached hydrogens (tertiary/aromatic N) is 1. The molecule has 1 aromatic rings. The molecule has 1 rings (SSSR count). The number of carbonyl (C=O) groups is 1. The number of hydrogen-bond acceptors (Lipinski definition) is 2. The smallest absolute Gasteiger partial charge is 0.223 e. The summed E-state index contributed by atoms with van der Waals surface area (Å²) in [6, 6.07) is 0. The average Bonchev–Trinajstić information content (AvgIpc) is 2.15. The Hall–Kier alpha value is -1.32. The second kappa shape index (κ2) is 2.30. The molecule has 9 heavy (non-hydrogen) atoms. The second-order valence-electron chi connectivity index (χ2n) is 1.62. The number of amides is 1. The zero-order chi connectivity index (χ0) is 6.69. The molecule has 0 aliphatic rings. The fourth-order valence-corrected chi connectivity index (χ4v) is 0.500. The molecule has 1 aromatic heterocycles. The summed E-state index contributed by atoms with van der Waals surface area (Å²) >= 11 is 0. The number of anilines is 1. The number of H-pyrrole nitrogens is 1. The molecule has 0 fully saturated rings. The van der Waals surface area contributed by atoms with Gasteiger partial charge in [0.2, 0.25) is 11.9 Å². The first-order chi connectivity index (χ1) is 4.29. The average molecular weight is 129 g/mol. The Morgan fingerprint density at radius 3 is 3.22 bits per heavy atom. The fraction of sp³-hybridized carbons (Fsp3) is 0.200. The minimum absolute atomic E-state index is 0. The van der Waals surface area contributed by atoms with Gasteiger partial charge in [0.15, 0.2) is 0 Å². The van der Waals surface area contributed by atoms with Gasteiger partial charge in [-0.25, -0.2) is 4.98 Å². The molecule has 0 saturated carbocycles. The van der Waals surface area contributed by atoms with E-state index in [1.54, 1.807) is 12.4 Å². The topological polar surface area (TPSA) is 57.8 Å². The van der Waals surface area contributed by atoms with Gasteiger partial charge >= 0.3 is 0 Å². The molecular weight excluding hydrogens is 118 g/mol. The van der Waals surface area contributed by atoms with Crippen LogP contribution in [0.3, 0.4) is 0 Å². The van der Waals surface area contributed by atoms with Crippen LogP contribution in [0, 0.1) is 0 Å². The van der Waals surface area contributed by atoms with Crippen molar-refractivity contribution in [1.29, 1.82) is 0 Å². The van der Waals surface area contributed by atoms with Gasteiger partial charge in [-0.2, -0.15) is 0 Å². The molecule has 4 nitrogen and oxygen atoms in total. The third kappa shape index (κ3) is 1.56. The first-order valence-corrected chi connectivity index (χ1v) is 2.56. The summed E-state index contributed by atoms with van der Waals surface area (Å²) in [6.45, 7) is 1.43. The molecule has 0 unspecified atom stereocenters. The summed E-state index contributed by atoms with van der Waals surface area (Å²) in [7, 11) is 0. The number of imidazole rings is 1. The third-order valence-electron chi connectivity index (χ3n) is 0.793. The summed E-state index contributed by atoms with van der Waals surface area (Å²) in [5.74, 6) is 0.368. The number of nitrogens with one attached hydrogen (secondary N) is 2. The molecule has 0 atom stereocenters. The fourth-order valence-electron chi connectivity index (χ4n) is 0.500. The largest absolute Gasteiger partial charge is 0.331 e. The Morgan fingerprint density at radius 1 is 2.00 bits per heavy atom. The molecule has 0 radical (unpaired) electrons. The van der Waals surface area contributed by atoms with Crippen LogP contribution in [-0.2, 0) is 4.79 Å². The van der Waals surface area contributed by atoms with E-state index in [0.29, 0.717) is 5.95 Å². The molecule has 0 aliphatic carbocycles. The Kier molecular flexibility index (Phi) is 1.48. The van der Waals surface area contributed by atoms with Crippen LogP contribution in [0.5, 0.6) is 0 Å². The quantitative estimate of drug-likeness (QED) is 0.590. The Bertz CT molecular complexity index is 200. The van der Waals surface area contributed by atoms with E-state index >= 15 is 0 Å². The summed E-state index contributed by atoms with van der Waals surface area (Å²) in [5.41, 5.74) is 0. The summed E-state index contributed by atoms with van der Waals surface area (Å²) in [5, 5.41) is 2.48. The van der Waals surface area contributed by atoms with Crippen molar-refractivity contribution >= 4 is 11.9 Å². The van der Waals surface area contributed by atoms with Gasteiger partial charge in [0, 0.05) is 22.2 Å². The molecule has 1 amide bonds. The zero-order valence-electron chi connectivity index (χ0n) is 5.01. The lowest BCUT2D eigenvalue weighted by molar-refractivity contribution is -0.114. The lowest BCUT2D eigenvalue weighted by Gasteiger charge is -1.91. The Balaban J connectivity index is 0. The van der Waals surface area contributed by atoms with Crippen molar-refractivity contribution in [2.45, 2.75) is 6.92 Å². The van der Waals surface area contributed by atoms with Gasteiger partial charge in [-0.15, -0.1) is 0 Å². The van der Waals surface area contributed by atoms with Crippen molar-refractivity contribution in [1.82, 2.24) is 9.97 Å². The Labute approximate surface area is 55.3 Å². The molecule has 4 heteroatoms. The number of aromatic amines is 1. The number of aromatic nitrogens is 2. The lowest BCUT2D eigenvalue weighted by Crippen LogP contribution is -2.06. The van der Waals surface area contributed by atoms with E-state index in [1.165, 1.54) is 6.92 Å². The van der Waals surface area contributed by atoms with Crippen molar-refractivity contribution in [3.8, 4) is 0 Å². The van der Waals surface area contributed by atoms with Gasteiger partial charge in [-0.1, -0.05) is 0 Å². The molecular formula is C5H11N3O. The van der Waals surface area contributed by atoms with Crippen molar-refractivity contribution in [2.24, 2.45) is 0 Å². The highest BCUT2D eigenvalue weighted by molar-refractivity contribution is 5.86. The van der Waals surface area contributed by atoms with E-state index < -0.39 is 0 Å². The molecule has 0 aliphatic heterocycles. The first kappa shape index (κ1) is 5.81. The van der Waals surface area contributed by atoms with E-state index in [9.17, 15) is 4.79 Å². The van der Waals surface area contributed by atoms with Crippen LogP contribution in [0.1, 0.15) is 9.78 Å². The summed E-state index contributed by atoms with van der Waals surface area (Å²) in [4.78, 5) is 16.8. The maximum absolute atomic E-state index is 10.3. The molecule has 0 spiro atoms. The van der Waals surface area contributed by atoms with Crippen LogP contribution >= 0.6 is 0 Å². The molecule has 0 aromatic carbocycles. The number of rotatable bonds is 1. The van der Waals surface area contributed by atoms with Gasteiger partial charge < -0.3 is 4.98 Å². The van der Waals surface area contributed by atoms with E-state index in [4.69, 9.17) is 0 Å². The highest BCUT2D eigenvalue weighted by Crippen LogP contribution is 1.92. The SMILES string of the molecule is CC(=O)Nc1ncc[nH]1.[HH].[HH]. The number of hydrogen-bond donors (Lipinski definition) is 2. The van der Waals surface area contributed by atoms with Gasteiger partial charge in [0.25, 0.3) is 0 Å². The number of carbonyl (C=O) groups excluding carboxylic acids is 1. The van der Waals surface area contributed by atoms with Crippen molar-refractivity contribution < 1.29 is 7.65 Å². The van der Waals surface area contributed by atoms with Gasteiger partial charge in [-0.3, -0.25) is 10.1 Å². The summed E-state index contributed by atoms with van der Waals surface area (Å²) in [6.07, 6.45) is 3.22. The predicted molar refractivity (Wildman–Crippen MR) is 37.1 cm³/mol. The van der Waals surface area contributed by atoms with Crippen molar-refractivity contribution in [2.75, 3.05) is 5.32 Å². The molecule has 0 bridgehead atoms. The van der Waals surface area contributed by atoms with Crippen LogP contribution in [0.2, 0.25) is 0 Å². The molecule has 52 valence electrons. The Morgan fingerprint density at radius 2 is 2.78 bits per heavy atom. The third-order valence-corrected chi connectivity index (χ3v) is 0.793. The minimum atomic E-state index is -0.120. The predicted octanol–water partition coefficient (Wildman–Crippen LogP) is 0.860. The normalized spacial score (nSPS) is 9.00. The van der Waals surface area contributed by atoms with E-state index in [2.05, 4.69) is 15.3 Å². The molecule has 2 N–H and O–H groups in total. The van der Waals surface area contributed by atoms with Crippen LogP contribution in [0.25, 0.3) is 0 Å². The first-order valence-electron chi connectivity index (χ1n) is 2.56.